The van der Waals surface area contributed by atoms with E-state index in [0.29, 0.717) is 0 Å². The minimum atomic E-state index is 0.0451. The van der Waals surface area contributed by atoms with Crippen molar-refractivity contribution in [2.45, 2.75) is 232 Å². The molecule has 9 rings (SSSR count). The van der Waals surface area contributed by atoms with Crippen LogP contribution in [0.1, 0.15) is 233 Å². The molecule has 3 aliphatic heterocycles. The molecule has 9 heterocycles. The van der Waals surface area contributed by atoms with E-state index in [0.717, 1.165) is 36.7 Å². The molecule has 0 bridgehead atoms. The zero-order valence-electron chi connectivity index (χ0n) is 54.9. The van der Waals surface area contributed by atoms with Gasteiger partial charge in [-0.1, -0.05) is 199 Å². The van der Waals surface area contributed by atoms with Crippen LogP contribution in [-0.2, 0) is 32.5 Å². The Labute approximate surface area is 507 Å². The Kier molecular flexibility index (Phi) is 30.0. The lowest BCUT2D eigenvalue weighted by Crippen LogP contribution is -2.17. The number of allylic oxidation sites excluding steroid dienone is 4. The molecule has 0 N–H and O–H groups in total. The number of thiazole rings is 2. The summed E-state index contributed by atoms with van der Waals surface area (Å²) in [5.74, 6) is 0.794. The van der Waals surface area contributed by atoms with Gasteiger partial charge in [0, 0.05) is 114 Å². The van der Waals surface area contributed by atoms with Crippen LogP contribution in [0.5, 0.6) is 0 Å². The second kappa shape index (κ2) is 32.8. The summed E-state index contributed by atoms with van der Waals surface area (Å²) < 4.78 is 18.2. The standard InChI is InChI=1S/2C8H13N.C7H12N2.2C7H11NO.4C7H11NS/c2*1-8(2,3)7-5-4-6-9-7;1-7(2,3)6-4-5-8-9-6;1-7(2,3)6-4-9-5-8-6;1-7(2,3)6-8-4-5-9-6;1-7(2,3)6-4-9-5-8-6;1-7(2,3)6-4-8-9-5-6;1-7(2,3)6-8-4-5-9-6;1-7(2,3)6-4-5-9-8-6/h5-6H,4H2,1-3H3;4,6H,5H2,1-3H3;4H,5H2,1-3H3;6*4-5H,1-3H3. The first kappa shape index (κ1) is 74.1. The molecule has 0 unspecified atom stereocenters. The van der Waals surface area contributed by atoms with Gasteiger partial charge >= 0.3 is 0 Å². The molecule has 3 aliphatic rings. The molecular formula is C65H104N10O2S4. The molecule has 81 heavy (non-hydrogen) atoms. The average molecular weight is 1190 g/mol. The first-order valence-electron chi connectivity index (χ1n) is 27.9. The van der Waals surface area contributed by atoms with E-state index in [9.17, 15) is 0 Å². The highest BCUT2D eigenvalue weighted by atomic mass is 32.1. The van der Waals surface area contributed by atoms with Crippen LogP contribution < -0.4 is 0 Å². The van der Waals surface area contributed by atoms with Gasteiger partial charge in [0.2, 0.25) is 0 Å². The molecule has 0 saturated heterocycles. The first-order valence-corrected chi connectivity index (χ1v) is 31.4. The van der Waals surface area contributed by atoms with Gasteiger partial charge in [0.25, 0.3) is 0 Å². The SMILES string of the molecule is CC(C)(C)C1=CCC=N1.CC(C)(C)C1=CCN=N1.CC(C)(C)C1=NC=CC1.CC(C)(C)c1ccsn1.CC(C)(C)c1cnsc1.CC(C)(C)c1cocn1.CC(C)(C)c1cscn1.CC(C)(C)c1ncco1.CC(C)(C)c1nccs1. The van der Waals surface area contributed by atoms with E-state index in [-0.39, 0.29) is 48.7 Å². The zero-order valence-corrected chi connectivity index (χ0v) is 58.1. The van der Waals surface area contributed by atoms with Crippen LogP contribution in [-0.4, -0.2) is 47.2 Å². The van der Waals surface area contributed by atoms with Crippen LogP contribution in [0.15, 0.2) is 135 Å². The smallest absolute Gasteiger partial charge is 0.199 e. The van der Waals surface area contributed by atoms with Crippen LogP contribution in [0.25, 0.3) is 0 Å². The van der Waals surface area contributed by atoms with Crippen molar-refractivity contribution in [1.82, 2.24) is 28.7 Å². The van der Waals surface area contributed by atoms with Gasteiger partial charge < -0.3 is 8.83 Å². The first-order chi connectivity index (χ1) is 36.9. The summed E-state index contributed by atoms with van der Waals surface area (Å²) >= 11 is 6.41. The van der Waals surface area contributed by atoms with E-state index in [1.54, 1.807) is 41.4 Å². The molecule has 16 heteroatoms. The van der Waals surface area contributed by atoms with E-state index in [1.165, 1.54) is 62.8 Å². The number of nitrogens with zero attached hydrogens (tertiary/aromatic N) is 10. The maximum atomic E-state index is 5.09. The summed E-state index contributed by atoms with van der Waals surface area (Å²) in [5, 5.41) is 17.3. The predicted molar refractivity (Wildman–Crippen MR) is 352 cm³/mol. The number of hydrogen-bond donors (Lipinski definition) is 0. The molecule has 0 amide bonds. The summed E-state index contributed by atoms with van der Waals surface area (Å²) in [4.78, 5) is 24.9. The van der Waals surface area contributed by atoms with Gasteiger partial charge in [0.15, 0.2) is 12.3 Å². The predicted octanol–water partition coefficient (Wildman–Crippen LogP) is 20.9. The van der Waals surface area contributed by atoms with Crippen LogP contribution in [0.4, 0.5) is 0 Å². The zero-order chi connectivity index (χ0) is 62.2. The van der Waals surface area contributed by atoms with Crippen molar-refractivity contribution in [3.05, 3.63) is 140 Å². The molecule has 0 fully saturated rings. The van der Waals surface area contributed by atoms with Gasteiger partial charge in [-0.2, -0.15) is 14.6 Å². The molecule has 0 aromatic carbocycles. The van der Waals surface area contributed by atoms with Crippen LogP contribution in [0, 0.1) is 16.2 Å². The normalized spacial score (nSPS) is 14.0. The lowest BCUT2D eigenvalue weighted by atomic mass is 9.89. The molecule has 0 aliphatic carbocycles. The molecule has 0 saturated carbocycles. The van der Waals surface area contributed by atoms with Crippen molar-refractivity contribution in [2.24, 2.45) is 36.5 Å². The number of rotatable bonds is 0. The third-order valence-corrected chi connectivity index (χ3v) is 14.2. The molecule has 0 atom stereocenters. The Bertz CT molecular complexity index is 2350. The topological polar surface area (TPSA) is 153 Å². The Balaban J connectivity index is 0.000000456. The monoisotopic (exact) mass is 1180 g/mol. The third kappa shape index (κ3) is 31.9. The maximum Gasteiger partial charge on any atom is 0.199 e. The lowest BCUT2D eigenvalue weighted by Gasteiger charge is -2.17. The molecule has 12 nitrogen and oxygen atoms in total. The van der Waals surface area contributed by atoms with E-state index < -0.39 is 0 Å². The summed E-state index contributed by atoms with van der Waals surface area (Å²) in [6.45, 7) is 58.9. The number of hydrogen-bond acceptors (Lipinski definition) is 16. The highest BCUT2D eigenvalue weighted by molar-refractivity contribution is 7.09. The quantitative estimate of drug-likeness (QED) is 0.146. The fourth-order valence-corrected chi connectivity index (χ4v) is 8.96. The van der Waals surface area contributed by atoms with Crippen LogP contribution in [0.3, 0.4) is 0 Å². The third-order valence-electron chi connectivity index (χ3n) is 11.3. The second-order valence-corrected chi connectivity index (χ2v) is 31.7. The van der Waals surface area contributed by atoms with Gasteiger partial charge in [0.1, 0.15) is 12.5 Å². The second-order valence-electron chi connectivity index (χ2n) is 28.8. The largest absolute Gasteiger partial charge is 0.451 e. The van der Waals surface area contributed by atoms with Crippen molar-refractivity contribution in [3.8, 4) is 0 Å². The minimum absolute atomic E-state index is 0.0451. The Morgan fingerprint density at radius 3 is 1.40 bits per heavy atom. The summed E-state index contributed by atoms with van der Waals surface area (Å²) in [6, 6.07) is 2.07. The Hall–Kier alpha value is -4.90. The van der Waals surface area contributed by atoms with Crippen LogP contribution in [0.2, 0.25) is 0 Å². The molecule has 0 spiro atoms. The molecule has 450 valence electrons. The van der Waals surface area contributed by atoms with E-state index in [1.807, 2.05) is 41.1 Å². The molecule has 6 aromatic heterocycles. The van der Waals surface area contributed by atoms with Gasteiger partial charge in [-0.3, -0.25) is 9.98 Å². The summed E-state index contributed by atoms with van der Waals surface area (Å²) in [5.41, 5.74) is 12.0. The molecule has 0 radical (unpaired) electrons. The van der Waals surface area contributed by atoms with E-state index in [2.05, 4.69) is 271 Å². The number of aromatic nitrogens is 6. The highest BCUT2D eigenvalue weighted by Gasteiger charge is 2.22. The maximum absolute atomic E-state index is 5.09. The average Bonchev–Trinajstić information content (AvgIpc) is 4.21. The van der Waals surface area contributed by atoms with Gasteiger partial charge in [-0.25, -0.2) is 24.3 Å². The highest BCUT2D eigenvalue weighted by Crippen LogP contribution is 2.30. The summed E-state index contributed by atoms with van der Waals surface area (Å²) in [6.07, 6.45) is 22.5. The van der Waals surface area contributed by atoms with Crippen molar-refractivity contribution >= 4 is 57.7 Å². The van der Waals surface area contributed by atoms with Crippen LogP contribution >= 0.6 is 45.7 Å². The fourth-order valence-electron chi connectivity index (χ4n) is 6.00. The van der Waals surface area contributed by atoms with E-state index in [4.69, 9.17) is 8.83 Å². The number of aliphatic imine (C=N–C) groups is 2. The fraction of sp³-hybridized carbons (Fsp3) is 0.600. The molecule has 6 aromatic rings. The number of azo groups is 1. The Morgan fingerprint density at radius 2 is 1.17 bits per heavy atom. The van der Waals surface area contributed by atoms with Crippen molar-refractivity contribution < 1.29 is 8.83 Å². The number of oxazole rings is 2. The van der Waals surface area contributed by atoms with Gasteiger partial charge in [-0.05, 0) is 46.2 Å². The van der Waals surface area contributed by atoms with E-state index >= 15 is 0 Å². The van der Waals surface area contributed by atoms with Crippen molar-refractivity contribution in [3.63, 3.8) is 0 Å². The van der Waals surface area contributed by atoms with Gasteiger partial charge in [0.05, 0.1) is 46.0 Å². The van der Waals surface area contributed by atoms with Gasteiger partial charge in [-0.15, -0.1) is 22.7 Å². The van der Waals surface area contributed by atoms with Crippen molar-refractivity contribution in [1.29, 1.82) is 0 Å². The Morgan fingerprint density at radius 1 is 0.543 bits per heavy atom. The molecular weight excluding hydrogens is 1080 g/mol. The lowest BCUT2D eigenvalue weighted by molar-refractivity contribution is 0.392. The van der Waals surface area contributed by atoms with Crippen molar-refractivity contribution in [2.75, 3.05) is 6.54 Å². The summed E-state index contributed by atoms with van der Waals surface area (Å²) in [7, 11) is 0. The minimum Gasteiger partial charge on any atom is -0.451 e.